The molecule has 1 aromatic heterocycles. The molecule has 1 atom stereocenters. The Morgan fingerprint density at radius 2 is 2.19 bits per heavy atom. The van der Waals surface area contributed by atoms with Crippen LogP contribution in [-0.2, 0) is 11.3 Å². The predicted molar refractivity (Wildman–Crippen MR) is 84.1 cm³/mol. The highest BCUT2D eigenvalue weighted by Gasteiger charge is 2.25. The van der Waals surface area contributed by atoms with Gasteiger partial charge in [-0.05, 0) is 32.3 Å². The molecule has 0 aliphatic heterocycles. The van der Waals surface area contributed by atoms with Crippen molar-refractivity contribution in [2.24, 2.45) is 0 Å². The number of rotatable bonds is 6. The number of carbonyl (C=O) groups is 1. The lowest BCUT2D eigenvalue weighted by Gasteiger charge is -2.33. The number of nitrogens with one attached hydrogen (secondary N) is 1. The van der Waals surface area contributed by atoms with E-state index in [2.05, 4.69) is 10.4 Å². The normalized spacial score (nSPS) is 17.7. The number of amides is 1. The Bertz CT molecular complexity index is 451. The van der Waals surface area contributed by atoms with E-state index in [9.17, 15) is 4.79 Å². The molecule has 0 saturated heterocycles. The third kappa shape index (κ3) is 4.56. The highest BCUT2D eigenvalue weighted by Crippen LogP contribution is 2.21. The highest BCUT2D eigenvalue weighted by molar-refractivity contribution is 5.81. The molecule has 0 radical (unpaired) electrons. The lowest BCUT2D eigenvalue weighted by Crippen LogP contribution is -2.48. The summed E-state index contributed by atoms with van der Waals surface area (Å²) >= 11 is 0. The Balaban J connectivity index is 1.73. The van der Waals surface area contributed by atoms with E-state index in [1.807, 2.05) is 42.9 Å². The molecule has 1 aliphatic rings. The monoisotopic (exact) mass is 292 g/mol. The smallest absolute Gasteiger partial charge is 0.239 e. The van der Waals surface area contributed by atoms with Crippen LogP contribution in [0, 0.1) is 6.92 Å². The summed E-state index contributed by atoms with van der Waals surface area (Å²) in [4.78, 5) is 14.4. The van der Waals surface area contributed by atoms with Crippen LogP contribution in [0.2, 0.25) is 0 Å². The number of carbonyl (C=O) groups excluding carboxylic acids is 1. The number of aromatic nitrogens is 2. The molecule has 5 nitrogen and oxygen atoms in total. The molecule has 1 saturated carbocycles. The first kappa shape index (κ1) is 16.0. The molecule has 1 fully saturated rings. The van der Waals surface area contributed by atoms with Crippen molar-refractivity contribution in [3.05, 3.63) is 18.0 Å². The first-order valence-corrected chi connectivity index (χ1v) is 8.07. The zero-order valence-corrected chi connectivity index (χ0v) is 13.5. The molecular weight excluding hydrogens is 264 g/mol. The Labute approximate surface area is 127 Å². The minimum atomic E-state index is -0.131. The van der Waals surface area contributed by atoms with Crippen molar-refractivity contribution < 1.29 is 4.79 Å². The molecule has 0 bridgehead atoms. The summed E-state index contributed by atoms with van der Waals surface area (Å²) in [6, 6.07) is 0.304. The number of aryl methyl sites for hydroxylation is 1. The summed E-state index contributed by atoms with van der Waals surface area (Å²) in [7, 11) is 1.95. The molecule has 5 heteroatoms. The van der Waals surface area contributed by atoms with E-state index in [1.54, 1.807) is 0 Å². The van der Waals surface area contributed by atoms with Crippen molar-refractivity contribution in [2.45, 2.75) is 64.6 Å². The Hall–Kier alpha value is -1.36. The van der Waals surface area contributed by atoms with Gasteiger partial charge in [0.1, 0.15) is 0 Å². The Morgan fingerprint density at radius 3 is 2.81 bits per heavy atom. The van der Waals surface area contributed by atoms with E-state index in [-0.39, 0.29) is 11.9 Å². The molecule has 1 aliphatic carbocycles. The highest BCUT2D eigenvalue weighted by atomic mass is 16.2. The van der Waals surface area contributed by atoms with Crippen molar-refractivity contribution in [1.29, 1.82) is 0 Å². The fourth-order valence-corrected chi connectivity index (χ4v) is 3.03. The Morgan fingerprint density at radius 1 is 1.48 bits per heavy atom. The summed E-state index contributed by atoms with van der Waals surface area (Å²) in [5.41, 5.74) is 1.16. The number of likely N-dealkylation sites (N-methyl/N-ethyl adjacent to an activating group) is 1. The standard InChI is InChI=1S/C16H28N4O/c1-13-11-18-20(12-13)10-9-17-14(2)16(21)19(3)15-7-5-4-6-8-15/h11-12,14-15,17H,4-10H2,1-3H3. The average Bonchev–Trinajstić information content (AvgIpc) is 2.92. The van der Waals surface area contributed by atoms with E-state index < -0.39 is 0 Å². The first-order valence-electron chi connectivity index (χ1n) is 8.07. The molecule has 1 amide bonds. The lowest BCUT2D eigenvalue weighted by molar-refractivity contribution is -0.134. The van der Waals surface area contributed by atoms with Crippen molar-refractivity contribution in [3.8, 4) is 0 Å². The number of hydrogen-bond donors (Lipinski definition) is 1. The fraction of sp³-hybridized carbons (Fsp3) is 0.750. The maximum absolute atomic E-state index is 12.4. The molecule has 0 spiro atoms. The molecule has 118 valence electrons. The molecule has 0 aromatic carbocycles. The van der Waals surface area contributed by atoms with Gasteiger partial charge in [-0.25, -0.2) is 0 Å². The SMILES string of the molecule is Cc1cnn(CCNC(C)C(=O)N(C)C2CCCCC2)c1. The van der Waals surface area contributed by atoms with Crippen LogP contribution in [0.25, 0.3) is 0 Å². The van der Waals surface area contributed by atoms with Crippen LogP contribution in [0.1, 0.15) is 44.6 Å². The maximum Gasteiger partial charge on any atom is 0.239 e. The summed E-state index contributed by atoms with van der Waals surface area (Å²) in [6.07, 6.45) is 10.00. The Kier molecular flexibility index (Phi) is 5.79. The lowest BCUT2D eigenvalue weighted by atomic mass is 9.94. The van der Waals surface area contributed by atoms with Crippen molar-refractivity contribution in [3.63, 3.8) is 0 Å². The van der Waals surface area contributed by atoms with Crippen LogP contribution in [0.4, 0.5) is 0 Å². The van der Waals surface area contributed by atoms with Gasteiger partial charge in [-0.1, -0.05) is 19.3 Å². The minimum absolute atomic E-state index is 0.131. The summed E-state index contributed by atoms with van der Waals surface area (Å²) < 4.78 is 1.91. The zero-order chi connectivity index (χ0) is 15.2. The van der Waals surface area contributed by atoms with Gasteiger partial charge in [0, 0.05) is 25.8 Å². The summed E-state index contributed by atoms with van der Waals surface area (Å²) in [5, 5.41) is 7.56. The molecule has 21 heavy (non-hydrogen) atoms. The molecule has 1 heterocycles. The second kappa shape index (κ2) is 7.59. The molecular formula is C16H28N4O. The predicted octanol–water partition coefficient (Wildman–Crippen LogP) is 1.96. The minimum Gasteiger partial charge on any atom is -0.341 e. The van der Waals surface area contributed by atoms with Crippen molar-refractivity contribution in [2.75, 3.05) is 13.6 Å². The van der Waals surface area contributed by atoms with E-state index >= 15 is 0 Å². The zero-order valence-electron chi connectivity index (χ0n) is 13.5. The third-order valence-electron chi connectivity index (χ3n) is 4.39. The topological polar surface area (TPSA) is 50.2 Å². The first-order chi connectivity index (χ1) is 10.1. The molecule has 1 aromatic rings. The summed E-state index contributed by atoms with van der Waals surface area (Å²) in [5.74, 6) is 0.207. The van der Waals surface area contributed by atoms with Crippen LogP contribution >= 0.6 is 0 Å². The second-order valence-corrected chi connectivity index (χ2v) is 6.20. The van der Waals surface area contributed by atoms with Gasteiger partial charge >= 0.3 is 0 Å². The van der Waals surface area contributed by atoms with E-state index in [0.717, 1.165) is 31.5 Å². The summed E-state index contributed by atoms with van der Waals surface area (Å²) in [6.45, 7) is 5.53. The number of hydrogen-bond acceptors (Lipinski definition) is 3. The number of nitrogens with zero attached hydrogens (tertiary/aromatic N) is 3. The van der Waals surface area contributed by atoms with Gasteiger partial charge in [0.2, 0.25) is 5.91 Å². The van der Waals surface area contributed by atoms with Gasteiger partial charge in [-0.2, -0.15) is 5.10 Å². The van der Waals surface area contributed by atoms with Crippen LogP contribution < -0.4 is 5.32 Å². The van der Waals surface area contributed by atoms with Crippen molar-refractivity contribution >= 4 is 5.91 Å². The van der Waals surface area contributed by atoms with Gasteiger partial charge in [-0.15, -0.1) is 0 Å². The second-order valence-electron chi connectivity index (χ2n) is 6.20. The van der Waals surface area contributed by atoms with E-state index in [1.165, 1.54) is 19.3 Å². The van der Waals surface area contributed by atoms with Crippen LogP contribution in [-0.4, -0.2) is 46.3 Å². The van der Waals surface area contributed by atoms with Crippen LogP contribution in [0.15, 0.2) is 12.4 Å². The van der Waals surface area contributed by atoms with Gasteiger partial charge in [0.15, 0.2) is 0 Å². The maximum atomic E-state index is 12.4. The largest absolute Gasteiger partial charge is 0.341 e. The van der Waals surface area contributed by atoms with Crippen LogP contribution in [0.3, 0.4) is 0 Å². The molecule has 2 rings (SSSR count). The fourth-order valence-electron chi connectivity index (χ4n) is 3.03. The van der Waals surface area contributed by atoms with Gasteiger partial charge in [-0.3, -0.25) is 9.48 Å². The molecule has 1 unspecified atom stereocenters. The van der Waals surface area contributed by atoms with Gasteiger partial charge in [0.05, 0.1) is 18.8 Å². The average molecular weight is 292 g/mol. The van der Waals surface area contributed by atoms with E-state index in [0.29, 0.717) is 6.04 Å². The van der Waals surface area contributed by atoms with Gasteiger partial charge < -0.3 is 10.2 Å². The van der Waals surface area contributed by atoms with Crippen molar-refractivity contribution in [1.82, 2.24) is 20.0 Å². The van der Waals surface area contributed by atoms with E-state index in [4.69, 9.17) is 0 Å². The third-order valence-corrected chi connectivity index (χ3v) is 4.39. The van der Waals surface area contributed by atoms with Crippen LogP contribution in [0.5, 0.6) is 0 Å². The molecule has 1 N–H and O–H groups in total. The quantitative estimate of drug-likeness (QED) is 0.872. The van der Waals surface area contributed by atoms with Gasteiger partial charge in [0.25, 0.3) is 0 Å².